The van der Waals surface area contributed by atoms with Crippen molar-refractivity contribution in [2.75, 3.05) is 11.9 Å². The predicted octanol–water partition coefficient (Wildman–Crippen LogP) is 1.88. The number of hydrogen-bond acceptors (Lipinski definition) is 3. The Morgan fingerprint density at radius 1 is 1.47 bits per heavy atom. The molecule has 1 amide bonds. The van der Waals surface area contributed by atoms with Crippen LogP contribution in [0, 0.1) is 11.3 Å². The summed E-state index contributed by atoms with van der Waals surface area (Å²) in [6.45, 7) is 4.77. The summed E-state index contributed by atoms with van der Waals surface area (Å²) in [5, 5.41) is 12.3. The monoisotopic (exact) mass is 255 g/mol. The summed E-state index contributed by atoms with van der Waals surface area (Å²) in [5.41, 5.74) is 1.40. The fourth-order valence-electron chi connectivity index (χ4n) is 3.33. The first-order valence-electron chi connectivity index (χ1n) is 6.65. The van der Waals surface area contributed by atoms with Gasteiger partial charge in [-0.15, -0.1) is 0 Å². The average Bonchev–Trinajstić information content (AvgIpc) is 2.91. The number of nitrogens with zero attached hydrogens (tertiary/aromatic N) is 2. The van der Waals surface area contributed by atoms with Crippen molar-refractivity contribution in [2.24, 2.45) is 0 Å². The Hall–Kier alpha value is -1.86. The van der Waals surface area contributed by atoms with Crippen LogP contribution < -0.4 is 5.32 Å². The molecule has 2 atom stereocenters. The first-order chi connectivity index (χ1) is 9.08. The minimum Gasteiger partial charge on any atom is -0.325 e. The molecule has 2 aliphatic heterocycles. The molecule has 1 aromatic rings. The van der Waals surface area contributed by atoms with Crippen LogP contribution in [-0.2, 0) is 10.2 Å². The van der Waals surface area contributed by atoms with Crippen LogP contribution in [0.25, 0.3) is 0 Å². The fourth-order valence-corrected chi connectivity index (χ4v) is 3.33. The zero-order valence-electron chi connectivity index (χ0n) is 11.2. The van der Waals surface area contributed by atoms with Gasteiger partial charge in [-0.25, -0.2) is 0 Å². The Bertz CT molecular complexity index is 575. The van der Waals surface area contributed by atoms with E-state index >= 15 is 0 Å². The van der Waals surface area contributed by atoms with E-state index in [4.69, 9.17) is 0 Å². The molecule has 4 nitrogen and oxygen atoms in total. The van der Waals surface area contributed by atoms with Gasteiger partial charge in [0.05, 0.1) is 17.5 Å². The minimum atomic E-state index is -0.540. The largest absolute Gasteiger partial charge is 0.325 e. The maximum absolute atomic E-state index is 12.4. The molecule has 0 bridgehead atoms. The molecular weight excluding hydrogens is 238 g/mol. The van der Waals surface area contributed by atoms with Crippen molar-refractivity contribution in [3.05, 3.63) is 29.8 Å². The number of hydrogen-bond donors (Lipinski definition) is 1. The van der Waals surface area contributed by atoms with Gasteiger partial charge in [-0.3, -0.25) is 9.69 Å². The van der Waals surface area contributed by atoms with Gasteiger partial charge in [0, 0.05) is 18.3 Å². The Kier molecular flexibility index (Phi) is 2.61. The molecule has 0 radical (unpaired) electrons. The van der Waals surface area contributed by atoms with Crippen LogP contribution in [-0.4, -0.2) is 29.4 Å². The third-order valence-corrected chi connectivity index (χ3v) is 4.33. The first kappa shape index (κ1) is 12.2. The van der Waals surface area contributed by atoms with Gasteiger partial charge in [-0.05, 0) is 31.9 Å². The summed E-state index contributed by atoms with van der Waals surface area (Å²) >= 11 is 0. The molecule has 1 spiro atoms. The number of carbonyl (C=O) groups is 1. The van der Waals surface area contributed by atoms with Crippen LogP contribution in [0.2, 0.25) is 0 Å². The van der Waals surface area contributed by atoms with Crippen molar-refractivity contribution < 1.29 is 4.79 Å². The maximum Gasteiger partial charge on any atom is 0.236 e. The lowest BCUT2D eigenvalue weighted by atomic mass is 9.80. The van der Waals surface area contributed by atoms with Gasteiger partial charge in [0.25, 0.3) is 0 Å². The Morgan fingerprint density at radius 2 is 2.21 bits per heavy atom. The van der Waals surface area contributed by atoms with E-state index in [9.17, 15) is 10.1 Å². The Balaban J connectivity index is 2.06. The highest BCUT2D eigenvalue weighted by molar-refractivity contribution is 6.06. The van der Waals surface area contributed by atoms with Gasteiger partial charge in [0.15, 0.2) is 0 Å². The van der Waals surface area contributed by atoms with Gasteiger partial charge >= 0.3 is 0 Å². The topological polar surface area (TPSA) is 56.1 Å². The summed E-state index contributed by atoms with van der Waals surface area (Å²) in [5.74, 6) is 0.0390. The number of benzene rings is 1. The first-order valence-corrected chi connectivity index (χ1v) is 6.65. The summed E-state index contributed by atoms with van der Waals surface area (Å²) in [4.78, 5) is 14.6. The average molecular weight is 255 g/mol. The molecule has 0 aromatic heterocycles. The van der Waals surface area contributed by atoms with Crippen molar-refractivity contribution in [1.29, 1.82) is 5.26 Å². The van der Waals surface area contributed by atoms with E-state index in [1.54, 1.807) is 0 Å². The van der Waals surface area contributed by atoms with Crippen LogP contribution in [0.1, 0.15) is 25.8 Å². The van der Waals surface area contributed by atoms with Gasteiger partial charge in [-0.2, -0.15) is 5.26 Å². The van der Waals surface area contributed by atoms with Crippen molar-refractivity contribution in [3.63, 3.8) is 0 Å². The molecule has 98 valence electrons. The van der Waals surface area contributed by atoms with Crippen LogP contribution in [0.5, 0.6) is 0 Å². The third kappa shape index (κ3) is 1.58. The number of likely N-dealkylation sites (tertiary alicyclic amines) is 1. The maximum atomic E-state index is 12.4. The van der Waals surface area contributed by atoms with E-state index in [-0.39, 0.29) is 18.0 Å². The fraction of sp³-hybridized carbons (Fsp3) is 0.467. The highest BCUT2D eigenvalue weighted by atomic mass is 16.2. The van der Waals surface area contributed by atoms with E-state index < -0.39 is 5.41 Å². The van der Waals surface area contributed by atoms with Gasteiger partial charge < -0.3 is 5.32 Å². The molecule has 2 heterocycles. The molecule has 1 N–H and O–H groups in total. The molecule has 0 saturated carbocycles. The summed E-state index contributed by atoms with van der Waals surface area (Å²) < 4.78 is 0. The number of anilines is 1. The second-order valence-corrected chi connectivity index (χ2v) is 5.70. The van der Waals surface area contributed by atoms with Crippen molar-refractivity contribution in [3.8, 4) is 6.07 Å². The Labute approximate surface area is 113 Å². The summed E-state index contributed by atoms with van der Waals surface area (Å²) in [6, 6.07) is 10.3. The quantitative estimate of drug-likeness (QED) is 0.833. The normalized spacial score (nSPS) is 29.6. The van der Waals surface area contributed by atoms with E-state index in [0.29, 0.717) is 13.0 Å². The highest BCUT2D eigenvalue weighted by Gasteiger charge is 2.54. The molecule has 4 heteroatoms. The van der Waals surface area contributed by atoms with E-state index in [0.717, 1.165) is 11.3 Å². The number of rotatable bonds is 1. The lowest BCUT2D eigenvalue weighted by Gasteiger charge is -2.25. The second kappa shape index (κ2) is 4.07. The number of amides is 1. The highest BCUT2D eigenvalue weighted by Crippen LogP contribution is 2.46. The number of para-hydroxylation sites is 1. The number of nitrogens with one attached hydrogen (secondary N) is 1. The second-order valence-electron chi connectivity index (χ2n) is 5.70. The smallest absolute Gasteiger partial charge is 0.236 e. The molecule has 3 rings (SSSR count). The Morgan fingerprint density at radius 3 is 2.84 bits per heavy atom. The zero-order valence-corrected chi connectivity index (χ0v) is 11.2. The standard InChI is InChI=1S/C15H17N3O/c1-10(2)18-9-15(7-11(18)8-16)12-5-3-4-6-13(12)17-14(15)19/h3-6,10-11H,7,9H2,1-2H3,(H,17,19). The molecule has 2 aliphatic rings. The van der Waals surface area contributed by atoms with E-state index in [1.165, 1.54) is 0 Å². The van der Waals surface area contributed by atoms with E-state index in [2.05, 4.69) is 30.1 Å². The predicted molar refractivity (Wildman–Crippen MR) is 72.6 cm³/mol. The summed E-state index contributed by atoms with van der Waals surface area (Å²) in [6.07, 6.45) is 0.588. The van der Waals surface area contributed by atoms with Gasteiger partial charge in [0.1, 0.15) is 0 Å². The van der Waals surface area contributed by atoms with E-state index in [1.807, 2.05) is 24.3 Å². The molecule has 0 aliphatic carbocycles. The van der Waals surface area contributed by atoms with Gasteiger partial charge in [0.2, 0.25) is 5.91 Å². The minimum absolute atomic E-state index is 0.0390. The lowest BCUT2D eigenvalue weighted by molar-refractivity contribution is -0.120. The zero-order chi connectivity index (χ0) is 13.6. The van der Waals surface area contributed by atoms with Crippen molar-refractivity contribution >= 4 is 11.6 Å². The molecular formula is C15H17N3O. The summed E-state index contributed by atoms with van der Waals surface area (Å²) in [7, 11) is 0. The van der Waals surface area contributed by atoms with Crippen LogP contribution in [0.4, 0.5) is 5.69 Å². The number of carbonyl (C=O) groups excluding carboxylic acids is 1. The molecule has 1 saturated heterocycles. The van der Waals surface area contributed by atoms with Crippen LogP contribution in [0.15, 0.2) is 24.3 Å². The molecule has 1 fully saturated rings. The molecule has 19 heavy (non-hydrogen) atoms. The molecule has 2 unspecified atom stereocenters. The van der Waals surface area contributed by atoms with Gasteiger partial charge in [-0.1, -0.05) is 18.2 Å². The number of nitriles is 1. The lowest BCUT2D eigenvalue weighted by Crippen LogP contribution is -2.40. The van der Waals surface area contributed by atoms with Crippen molar-refractivity contribution in [1.82, 2.24) is 4.90 Å². The van der Waals surface area contributed by atoms with Crippen LogP contribution >= 0.6 is 0 Å². The molecule has 1 aromatic carbocycles. The SMILES string of the molecule is CC(C)N1CC2(CC1C#N)C(=O)Nc1ccccc12. The third-order valence-electron chi connectivity index (χ3n) is 4.33. The number of fused-ring (bicyclic) bond motifs is 2. The van der Waals surface area contributed by atoms with Crippen molar-refractivity contribution in [2.45, 2.75) is 37.8 Å². The van der Waals surface area contributed by atoms with Crippen LogP contribution in [0.3, 0.4) is 0 Å².